The minimum absolute atomic E-state index is 0.135. The average Bonchev–Trinajstić information content (AvgIpc) is 3.30. The monoisotopic (exact) mass is 390 g/mol. The van der Waals surface area contributed by atoms with Crippen LogP contribution in [0.5, 0.6) is 5.75 Å². The number of furan rings is 1. The number of hydrogen-bond acceptors (Lipinski definition) is 4. The third kappa shape index (κ3) is 4.18. The summed E-state index contributed by atoms with van der Waals surface area (Å²) in [6, 6.07) is 10.4. The molecule has 0 aliphatic heterocycles. The van der Waals surface area contributed by atoms with Gasteiger partial charge in [-0.1, -0.05) is 29.3 Å². The Morgan fingerprint density at radius 3 is 2.92 bits per heavy atom. The zero-order valence-electron chi connectivity index (χ0n) is 14.0. The Kier molecular flexibility index (Phi) is 5.81. The fourth-order valence-corrected chi connectivity index (χ4v) is 2.69. The second-order valence-electron chi connectivity index (χ2n) is 5.37. The quantitative estimate of drug-likeness (QED) is 0.406. The molecule has 0 spiro atoms. The molecule has 0 N–H and O–H groups in total. The van der Waals surface area contributed by atoms with Gasteiger partial charge in [0.05, 0.1) is 5.02 Å². The molecule has 0 atom stereocenters. The van der Waals surface area contributed by atoms with Gasteiger partial charge in [0, 0.05) is 12.7 Å². The van der Waals surface area contributed by atoms with Crippen molar-refractivity contribution in [1.82, 2.24) is 9.78 Å². The normalized spacial score (nSPS) is 11.2. The van der Waals surface area contributed by atoms with Gasteiger partial charge in [0.1, 0.15) is 34.6 Å². The molecule has 26 heavy (non-hydrogen) atoms. The first-order valence-electron chi connectivity index (χ1n) is 7.98. The summed E-state index contributed by atoms with van der Waals surface area (Å²) < 4.78 is 12.9. The maximum atomic E-state index is 12.2. The number of hydrogen-bond donors (Lipinski definition) is 0. The van der Waals surface area contributed by atoms with Crippen molar-refractivity contribution in [3.63, 3.8) is 0 Å². The molecule has 134 valence electrons. The van der Waals surface area contributed by atoms with Crippen molar-refractivity contribution >= 4 is 35.1 Å². The van der Waals surface area contributed by atoms with Gasteiger partial charge in [0.25, 0.3) is 0 Å². The summed E-state index contributed by atoms with van der Waals surface area (Å²) in [6.45, 7) is 2.76. The van der Waals surface area contributed by atoms with Crippen molar-refractivity contribution in [3.8, 4) is 5.75 Å². The summed E-state index contributed by atoms with van der Waals surface area (Å²) in [4.78, 5) is 12.2. The van der Waals surface area contributed by atoms with Gasteiger partial charge in [-0.3, -0.25) is 9.48 Å². The number of aromatic nitrogens is 2. The van der Waals surface area contributed by atoms with Gasteiger partial charge in [-0.25, -0.2) is 0 Å². The van der Waals surface area contributed by atoms with Crippen LogP contribution in [-0.2, 0) is 13.2 Å². The van der Waals surface area contributed by atoms with Crippen LogP contribution in [-0.4, -0.2) is 15.6 Å². The Morgan fingerprint density at radius 1 is 1.27 bits per heavy atom. The van der Waals surface area contributed by atoms with E-state index in [1.807, 2.05) is 6.92 Å². The number of carbonyl (C=O) groups is 1. The summed E-state index contributed by atoms with van der Waals surface area (Å²) in [5.74, 6) is 1.50. The fourth-order valence-electron chi connectivity index (χ4n) is 2.34. The molecule has 3 rings (SSSR count). The van der Waals surface area contributed by atoms with E-state index in [4.69, 9.17) is 32.4 Å². The van der Waals surface area contributed by atoms with Gasteiger partial charge in [0.2, 0.25) is 5.78 Å². The molecule has 0 aliphatic rings. The van der Waals surface area contributed by atoms with Crippen LogP contribution in [0.3, 0.4) is 0 Å². The topological polar surface area (TPSA) is 57.3 Å². The van der Waals surface area contributed by atoms with Gasteiger partial charge < -0.3 is 9.15 Å². The lowest BCUT2D eigenvalue weighted by molar-refractivity contribution is 0.103. The third-order valence-corrected chi connectivity index (χ3v) is 4.44. The second-order valence-corrected chi connectivity index (χ2v) is 6.16. The molecular weight excluding hydrogens is 375 g/mol. The lowest BCUT2D eigenvalue weighted by Gasteiger charge is -2.06. The fraction of sp³-hybridized carbons (Fsp3) is 0.158. The molecule has 0 amide bonds. The number of ketones is 1. The Hall–Kier alpha value is -2.50. The maximum Gasteiger partial charge on any atom is 0.203 e. The molecule has 5 nitrogen and oxygen atoms in total. The Morgan fingerprint density at radius 2 is 2.12 bits per heavy atom. The van der Waals surface area contributed by atoms with E-state index in [2.05, 4.69) is 5.10 Å². The molecule has 0 saturated carbocycles. The second kappa shape index (κ2) is 8.25. The number of carbonyl (C=O) groups excluding carboxylic acids is 1. The molecule has 7 heteroatoms. The molecule has 0 radical (unpaired) electrons. The van der Waals surface area contributed by atoms with Crippen LogP contribution >= 0.6 is 23.2 Å². The van der Waals surface area contributed by atoms with Gasteiger partial charge in [0.15, 0.2) is 0 Å². The van der Waals surface area contributed by atoms with E-state index in [0.29, 0.717) is 39.6 Å². The first-order chi connectivity index (χ1) is 12.6. The van der Waals surface area contributed by atoms with Gasteiger partial charge in [-0.2, -0.15) is 5.10 Å². The molecule has 2 aromatic heterocycles. The largest absolute Gasteiger partial charge is 0.484 e. The summed E-state index contributed by atoms with van der Waals surface area (Å²) in [5, 5.41) is 4.87. The maximum absolute atomic E-state index is 12.2. The molecule has 2 heterocycles. The van der Waals surface area contributed by atoms with Crippen LogP contribution in [0.1, 0.15) is 28.9 Å². The van der Waals surface area contributed by atoms with Crippen molar-refractivity contribution in [2.24, 2.45) is 0 Å². The van der Waals surface area contributed by atoms with E-state index < -0.39 is 0 Å². The van der Waals surface area contributed by atoms with Crippen LogP contribution in [0.2, 0.25) is 10.0 Å². The summed E-state index contributed by atoms with van der Waals surface area (Å²) in [5.41, 5.74) is 0.537. The minimum atomic E-state index is -0.135. The van der Waals surface area contributed by atoms with Crippen LogP contribution in [0.4, 0.5) is 0 Å². The van der Waals surface area contributed by atoms with E-state index in [1.54, 1.807) is 53.4 Å². The lowest BCUT2D eigenvalue weighted by Crippen LogP contribution is -2.07. The molecule has 1 aromatic carbocycles. The highest BCUT2D eigenvalue weighted by molar-refractivity contribution is 6.42. The van der Waals surface area contributed by atoms with E-state index in [-0.39, 0.29) is 12.4 Å². The molecule has 0 aliphatic carbocycles. The minimum Gasteiger partial charge on any atom is -0.484 e. The summed E-state index contributed by atoms with van der Waals surface area (Å²) >= 11 is 12.0. The Bertz CT molecular complexity index is 944. The van der Waals surface area contributed by atoms with Crippen LogP contribution < -0.4 is 4.74 Å². The molecule has 0 saturated heterocycles. The molecular formula is C19H16Cl2N2O3. The summed E-state index contributed by atoms with van der Waals surface area (Å²) in [6.07, 6.45) is 4.68. The number of halogens is 2. The van der Waals surface area contributed by atoms with E-state index in [1.165, 1.54) is 6.08 Å². The Labute approximate surface area is 160 Å². The number of benzene rings is 1. The smallest absolute Gasteiger partial charge is 0.203 e. The average molecular weight is 391 g/mol. The highest BCUT2D eigenvalue weighted by atomic mass is 35.5. The van der Waals surface area contributed by atoms with Crippen molar-refractivity contribution in [2.75, 3.05) is 0 Å². The third-order valence-electron chi connectivity index (χ3n) is 3.64. The highest BCUT2D eigenvalue weighted by Crippen LogP contribution is 2.32. The van der Waals surface area contributed by atoms with Gasteiger partial charge in [-0.15, -0.1) is 0 Å². The van der Waals surface area contributed by atoms with Crippen LogP contribution in [0, 0.1) is 0 Å². The zero-order valence-corrected chi connectivity index (χ0v) is 15.5. The number of allylic oxidation sites excluding steroid dienone is 1. The highest BCUT2D eigenvalue weighted by Gasteiger charge is 2.09. The van der Waals surface area contributed by atoms with E-state index >= 15 is 0 Å². The first kappa shape index (κ1) is 18.3. The Balaban J connectivity index is 1.63. The molecule has 0 bridgehead atoms. The van der Waals surface area contributed by atoms with Crippen molar-refractivity contribution in [2.45, 2.75) is 20.1 Å². The van der Waals surface area contributed by atoms with Crippen LogP contribution in [0.25, 0.3) is 6.08 Å². The number of rotatable bonds is 7. The lowest BCUT2D eigenvalue weighted by atomic mass is 10.2. The number of aryl methyl sites for hydroxylation is 1. The number of nitrogens with zero attached hydrogens (tertiary/aromatic N) is 2. The van der Waals surface area contributed by atoms with Crippen molar-refractivity contribution < 1.29 is 13.9 Å². The number of ether oxygens (including phenoxy) is 1. The van der Waals surface area contributed by atoms with Crippen LogP contribution in [0.15, 0.2) is 53.1 Å². The zero-order chi connectivity index (χ0) is 18.5. The van der Waals surface area contributed by atoms with Gasteiger partial charge in [-0.05, 0) is 49.4 Å². The predicted octanol–water partition coefficient (Wildman–Crippen LogP) is 5.28. The SMILES string of the molecule is CCn1nccc1C(=O)/C=C/c1ccc(COc2cccc(Cl)c2Cl)o1. The van der Waals surface area contributed by atoms with Crippen molar-refractivity contribution in [1.29, 1.82) is 0 Å². The summed E-state index contributed by atoms with van der Waals surface area (Å²) in [7, 11) is 0. The molecule has 0 fully saturated rings. The van der Waals surface area contributed by atoms with E-state index in [9.17, 15) is 4.79 Å². The van der Waals surface area contributed by atoms with Gasteiger partial charge >= 0.3 is 0 Å². The van der Waals surface area contributed by atoms with E-state index in [0.717, 1.165) is 0 Å². The van der Waals surface area contributed by atoms with Crippen molar-refractivity contribution in [3.05, 3.63) is 75.9 Å². The molecule has 3 aromatic rings. The predicted molar refractivity (Wildman–Crippen MR) is 101 cm³/mol. The molecule has 0 unspecified atom stereocenters. The first-order valence-corrected chi connectivity index (χ1v) is 8.74. The standard InChI is InChI=1S/C19H16Cl2N2O3/c1-2-23-16(10-11-22-23)17(24)9-8-13-6-7-14(26-13)12-25-18-5-3-4-15(20)19(18)21/h3-11H,2,12H2,1H3/b9-8+.